The zero-order chi connectivity index (χ0) is 28.3. The van der Waals surface area contributed by atoms with Gasteiger partial charge in [0.05, 0.1) is 12.5 Å². The molecule has 2 aromatic carbocycles. The van der Waals surface area contributed by atoms with Crippen molar-refractivity contribution in [3.8, 4) is 0 Å². The van der Waals surface area contributed by atoms with Crippen molar-refractivity contribution in [2.24, 2.45) is 0 Å². The number of aromatic nitrogens is 4. The molecule has 0 spiro atoms. The summed E-state index contributed by atoms with van der Waals surface area (Å²) in [4.78, 5) is 8.74. The second-order valence-corrected chi connectivity index (χ2v) is 11.1. The molecule has 7 N–H and O–H groups in total. The summed E-state index contributed by atoms with van der Waals surface area (Å²) >= 11 is 0. The minimum absolute atomic E-state index is 0.108. The van der Waals surface area contributed by atoms with Gasteiger partial charge in [-0.05, 0) is 36.6 Å². The Labute approximate surface area is 221 Å². The molecule has 2 heterocycles. The van der Waals surface area contributed by atoms with Gasteiger partial charge >= 0.3 is 0 Å². The van der Waals surface area contributed by atoms with Gasteiger partial charge in [0.1, 0.15) is 17.5 Å². The van der Waals surface area contributed by atoms with Gasteiger partial charge < -0.3 is 16.4 Å². The van der Waals surface area contributed by atoms with Crippen LogP contribution in [0.25, 0.3) is 11.0 Å². The van der Waals surface area contributed by atoms with Crippen molar-refractivity contribution in [1.82, 2.24) is 20.2 Å². The topological polar surface area (TPSA) is 213 Å². The van der Waals surface area contributed by atoms with Crippen LogP contribution >= 0.6 is 0 Å². The summed E-state index contributed by atoms with van der Waals surface area (Å²) in [5.74, 6) is 1.50. The van der Waals surface area contributed by atoms with E-state index in [0.717, 1.165) is 35.7 Å². The van der Waals surface area contributed by atoms with Crippen LogP contribution in [-0.2, 0) is 26.7 Å². The lowest BCUT2D eigenvalue weighted by Gasteiger charge is -2.15. The Hall–Kier alpha value is -3.79. The normalized spacial score (nSPS) is 11.9. The van der Waals surface area contributed by atoms with Crippen LogP contribution in [0.4, 0.5) is 17.3 Å². The Bertz CT molecular complexity index is 1470. The van der Waals surface area contributed by atoms with Crippen LogP contribution in [0.15, 0.2) is 60.9 Å². The van der Waals surface area contributed by atoms with Crippen molar-refractivity contribution in [3.63, 3.8) is 0 Å². The Balaban J connectivity index is 0.000000435. The fraction of sp³-hybridized carbons (Fsp3) is 0.261. The first kappa shape index (κ1) is 30.4. The lowest BCUT2D eigenvalue weighted by atomic mass is 10.1. The maximum Gasteiger partial charge on any atom is 0.261 e. The molecular weight excluding hydrogens is 534 g/mol. The maximum atomic E-state index is 9.19. The van der Waals surface area contributed by atoms with Gasteiger partial charge in [-0.3, -0.25) is 14.2 Å². The van der Waals surface area contributed by atoms with Crippen LogP contribution in [0.5, 0.6) is 0 Å². The van der Waals surface area contributed by atoms with Crippen molar-refractivity contribution in [1.29, 1.82) is 0 Å². The molecule has 2 aromatic heterocycles. The number of nitrogens with zero attached hydrogens (tertiary/aromatic N) is 3. The molecule has 13 nitrogen and oxygen atoms in total. The lowest BCUT2D eigenvalue weighted by molar-refractivity contribution is 0.488. The number of nitrogens with one attached hydrogen (secondary N) is 3. The Kier molecular flexibility index (Phi) is 10.9. The highest BCUT2D eigenvalue weighted by atomic mass is 32.2. The molecule has 0 bridgehead atoms. The van der Waals surface area contributed by atoms with Crippen molar-refractivity contribution < 1.29 is 25.9 Å². The van der Waals surface area contributed by atoms with Gasteiger partial charge in [0.2, 0.25) is 0 Å². The fourth-order valence-corrected chi connectivity index (χ4v) is 3.14. The third-order valence-corrected chi connectivity index (χ3v) is 4.70. The average molecular weight is 566 g/mol. The highest BCUT2D eigenvalue weighted by Gasteiger charge is 2.15. The molecule has 206 valence electrons. The number of nitrogens with two attached hydrogens (primary N) is 1. The van der Waals surface area contributed by atoms with E-state index in [0.29, 0.717) is 18.2 Å². The van der Waals surface area contributed by atoms with E-state index in [1.165, 1.54) is 11.1 Å². The smallest absolute Gasteiger partial charge is 0.261 e. The van der Waals surface area contributed by atoms with E-state index in [1.54, 1.807) is 6.33 Å². The molecule has 15 heteroatoms. The van der Waals surface area contributed by atoms with Gasteiger partial charge in [0.25, 0.3) is 20.2 Å². The predicted octanol–water partition coefficient (Wildman–Crippen LogP) is 2.77. The SMILES string of the molecule is CS(=O)(=O)O.CS(=O)(=O)O.C[C@@H](Nc1ncnc2[nH]nc(NCCc3ccc(N)cc3)c12)c1ccccc1. The molecule has 0 unspecified atom stereocenters. The molecule has 38 heavy (non-hydrogen) atoms. The van der Waals surface area contributed by atoms with E-state index in [4.69, 9.17) is 14.8 Å². The predicted molar refractivity (Wildman–Crippen MR) is 148 cm³/mol. The largest absolute Gasteiger partial charge is 0.399 e. The lowest BCUT2D eigenvalue weighted by Crippen LogP contribution is -2.10. The Morgan fingerprint density at radius 2 is 1.50 bits per heavy atom. The van der Waals surface area contributed by atoms with E-state index >= 15 is 0 Å². The van der Waals surface area contributed by atoms with E-state index < -0.39 is 20.2 Å². The van der Waals surface area contributed by atoms with E-state index in [9.17, 15) is 16.8 Å². The van der Waals surface area contributed by atoms with Gasteiger partial charge in [-0.25, -0.2) is 9.97 Å². The van der Waals surface area contributed by atoms with Crippen LogP contribution < -0.4 is 16.4 Å². The molecule has 0 aliphatic rings. The Morgan fingerprint density at radius 3 is 2.08 bits per heavy atom. The average Bonchev–Trinajstić information content (AvgIpc) is 3.23. The zero-order valence-electron chi connectivity index (χ0n) is 21.0. The molecular formula is C23H31N7O6S2. The van der Waals surface area contributed by atoms with Crippen LogP contribution in [0.2, 0.25) is 0 Å². The van der Waals surface area contributed by atoms with Gasteiger partial charge in [0, 0.05) is 18.3 Å². The summed E-state index contributed by atoms with van der Waals surface area (Å²) in [7, 11) is -7.33. The third-order valence-electron chi connectivity index (χ3n) is 4.70. The summed E-state index contributed by atoms with van der Waals surface area (Å²) in [6.45, 7) is 2.85. The molecule has 0 aliphatic heterocycles. The summed E-state index contributed by atoms with van der Waals surface area (Å²) < 4.78 is 51.7. The molecule has 0 fully saturated rings. The van der Waals surface area contributed by atoms with Crippen LogP contribution in [0.3, 0.4) is 0 Å². The quantitative estimate of drug-likeness (QED) is 0.141. The van der Waals surface area contributed by atoms with Gasteiger partial charge in [-0.1, -0.05) is 42.5 Å². The zero-order valence-corrected chi connectivity index (χ0v) is 22.7. The second-order valence-electron chi connectivity index (χ2n) is 8.18. The number of anilines is 3. The number of rotatable bonds is 7. The molecule has 0 saturated heterocycles. The third kappa shape index (κ3) is 12.0. The second kappa shape index (κ2) is 13.7. The first-order valence-corrected chi connectivity index (χ1v) is 14.8. The summed E-state index contributed by atoms with van der Waals surface area (Å²) in [5.41, 5.74) is 9.62. The molecule has 0 aliphatic carbocycles. The number of nitrogen functional groups attached to an aromatic ring is 1. The van der Waals surface area contributed by atoms with Gasteiger partial charge in [-0.2, -0.15) is 21.9 Å². The molecule has 1 atom stereocenters. The first-order valence-electron chi connectivity index (χ1n) is 11.1. The number of hydrogen-bond acceptors (Lipinski definition) is 10. The van der Waals surface area contributed by atoms with E-state index in [2.05, 4.69) is 49.9 Å². The molecule has 0 radical (unpaired) electrons. The monoisotopic (exact) mass is 565 g/mol. The molecule has 0 amide bonds. The van der Waals surface area contributed by atoms with Crippen LogP contribution in [-0.4, -0.2) is 65.2 Å². The first-order chi connectivity index (χ1) is 17.7. The number of fused-ring (bicyclic) bond motifs is 1. The van der Waals surface area contributed by atoms with E-state index in [-0.39, 0.29) is 6.04 Å². The van der Waals surface area contributed by atoms with Crippen molar-refractivity contribution in [2.45, 2.75) is 19.4 Å². The minimum Gasteiger partial charge on any atom is -0.399 e. The molecule has 0 saturated carbocycles. The molecule has 4 rings (SSSR count). The van der Waals surface area contributed by atoms with Gasteiger partial charge in [0.15, 0.2) is 11.5 Å². The number of aromatic amines is 1. The van der Waals surface area contributed by atoms with Gasteiger partial charge in [-0.15, -0.1) is 0 Å². The van der Waals surface area contributed by atoms with Crippen LogP contribution in [0, 0.1) is 0 Å². The standard InChI is InChI=1S/C21H23N7.2CH4O3S/c1-14(16-5-3-2-4-6-16)26-19-18-20(27-28-21(18)25-13-24-19)23-12-11-15-7-9-17(22)10-8-15;2*1-5(2,3)4/h2-10,13-14H,11-12,22H2,1H3,(H3,23,24,25,26,27,28);2*1H3,(H,2,3,4)/t14-;;/m1../s1. The molecule has 4 aromatic rings. The maximum absolute atomic E-state index is 9.19. The summed E-state index contributed by atoms with van der Waals surface area (Å²) in [5, 5.41) is 15.1. The van der Waals surface area contributed by atoms with Crippen molar-refractivity contribution in [2.75, 3.05) is 35.4 Å². The van der Waals surface area contributed by atoms with E-state index in [1.807, 2.05) is 42.5 Å². The fourth-order valence-electron chi connectivity index (χ4n) is 3.14. The highest BCUT2D eigenvalue weighted by molar-refractivity contribution is 7.85. The number of H-pyrrole nitrogens is 1. The minimum atomic E-state index is -3.67. The van der Waals surface area contributed by atoms with Crippen molar-refractivity contribution >= 4 is 48.6 Å². The number of hydrogen-bond donors (Lipinski definition) is 6. The van der Waals surface area contributed by atoms with Crippen LogP contribution in [0.1, 0.15) is 24.1 Å². The number of benzene rings is 2. The Morgan fingerprint density at radius 1 is 0.921 bits per heavy atom. The highest BCUT2D eigenvalue weighted by Crippen LogP contribution is 2.28. The summed E-state index contributed by atoms with van der Waals surface area (Å²) in [6, 6.07) is 18.3. The summed E-state index contributed by atoms with van der Waals surface area (Å²) in [6.07, 6.45) is 3.84. The van der Waals surface area contributed by atoms with Crippen molar-refractivity contribution in [3.05, 3.63) is 72.1 Å².